The van der Waals surface area contributed by atoms with Crippen LogP contribution < -0.4 is 5.56 Å². The van der Waals surface area contributed by atoms with Crippen molar-refractivity contribution >= 4 is 21.6 Å². The Kier molecular flexibility index (Phi) is 4.30. The van der Waals surface area contributed by atoms with Crippen LogP contribution in [0, 0.1) is 0 Å². The highest BCUT2D eigenvalue weighted by molar-refractivity contribution is 7.13. The molecular weight excluding hydrogens is 322 g/mol. The van der Waals surface area contributed by atoms with Crippen LogP contribution in [0.2, 0.25) is 0 Å². The van der Waals surface area contributed by atoms with Gasteiger partial charge in [-0.25, -0.2) is 3.96 Å². The van der Waals surface area contributed by atoms with Crippen LogP contribution in [0.5, 0.6) is 0 Å². The van der Waals surface area contributed by atoms with Gasteiger partial charge in [0.25, 0.3) is 5.56 Å². The average molecular weight is 341 g/mol. The number of hydrogen-bond acceptors (Lipinski definition) is 7. The quantitative estimate of drug-likeness (QED) is 0.719. The molecule has 3 rings (SSSR count). The summed E-state index contributed by atoms with van der Waals surface area (Å²) in [5.41, 5.74) is -1.61. The molecule has 0 spiro atoms. The topological polar surface area (TPSA) is 101 Å². The molecule has 0 saturated carbocycles. The van der Waals surface area contributed by atoms with E-state index in [0.717, 1.165) is 4.70 Å². The van der Waals surface area contributed by atoms with Crippen LogP contribution in [0.4, 0.5) is 0 Å². The third kappa shape index (κ3) is 2.42. The zero-order chi connectivity index (χ0) is 16.8. The molecule has 0 amide bonds. The number of ether oxygens (including phenoxy) is 2. The summed E-state index contributed by atoms with van der Waals surface area (Å²) in [6.45, 7) is 1.12. The van der Waals surface area contributed by atoms with Crippen LogP contribution in [-0.4, -0.2) is 57.4 Å². The highest BCUT2D eigenvalue weighted by Crippen LogP contribution is 2.37. The maximum Gasteiger partial charge on any atom is 0.271 e. The first-order chi connectivity index (χ1) is 10.9. The fourth-order valence-corrected chi connectivity index (χ4v) is 4.19. The lowest BCUT2D eigenvalue weighted by molar-refractivity contribution is -0.302. The van der Waals surface area contributed by atoms with Gasteiger partial charge in [-0.2, -0.15) is 0 Å². The van der Waals surface area contributed by atoms with E-state index in [1.54, 1.807) is 19.1 Å². The van der Waals surface area contributed by atoms with Gasteiger partial charge in [-0.1, -0.05) is 23.7 Å². The van der Waals surface area contributed by atoms with E-state index >= 15 is 0 Å². The molecule has 1 fully saturated rings. The maximum absolute atomic E-state index is 12.7. The van der Waals surface area contributed by atoms with E-state index in [1.807, 2.05) is 12.1 Å². The summed E-state index contributed by atoms with van der Waals surface area (Å²) in [6, 6.07) is 7.14. The summed E-state index contributed by atoms with van der Waals surface area (Å²) < 4.78 is 13.3. The van der Waals surface area contributed by atoms with E-state index in [9.17, 15) is 20.1 Å². The Morgan fingerprint density at radius 1 is 1.35 bits per heavy atom. The zero-order valence-electron chi connectivity index (χ0n) is 12.7. The van der Waals surface area contributed by atoms with Crippen molar-refractivity contribution < 1.29 is 24.8 Å². The minimum absolute atomic E-state index is 0.268. The van der Waals surface area contributed by atoms with Crippen molar-refractivity contribution in [2.45, 2.75) is 37.1 Å². The molecular formula is C15H19NO6S. The Bertz CT molecular complexity index is 758. The van der Waals surface area contributed by atoms with Crippen LogP contribution in [-0.2, 0) is 15.2 Å². The number of benzene rings is 1. The molecule has 7 nitrogen and oxygen atoms in total. The van der Waals surface area contributed by atoms with E-state index in [-0.39, 0.29) is 5.56 Å². The summed E-state index contributed by atoms with van der Waals surface area (Å²) in [7, 11) is 1.37. The maximum atomic E-state index is 12.7. The molecule has 0 radical (unpaired) electrons. The summed E-state index contributed by atoms with van der Waals surface area (Å²) in [6.07, 6.45) is -4.58. The molecule has 5 atom stereocenters. The van der Waals surface area contributed by atoms with Crippen LogP contribution in [0.3, 0.4) is 0 Å². The van der Waals surface area contributed by atoms with Crippen LogP contribution in [0.15, 0.2) is 29.1 Å². The highest BCUT2D eigenvalue weighted by atomic mass is 32.1. The Hall–Kier alpha value is -1.29. The van der Waals surface area contributed by atoms with Crippen molar-refractivity contribution in [1.82, 2.24) is 3.96 Å². The van der Waals surface area contributed by atoms with Gasteiger partial charge in [0.05, 0.1) is 16.7 Å². The molecule has 3 N–H and O–H groups in total. The van der Waals surface area contributed by atoms with Crippen molar-refractivity contribution in [3.8, 4) is 0 Å². The molecule has 1 saturated heterocycles. The number of aliphatic hydroxyl groups is 3. The second-order valence-corrected chi connectivity index (χ2v) is 6.71. The molecule has 23 heavy (non-hydrogen) atoms. The van der Waals surface area contributed by atoms with Gasteiger partial charge in [0, 0.05) is 7.11 Å². The highest BCUT2D eigenvalue weighted by Gasteiger charge is 2.54. The number of fused-ring (bicyclic) bond motifs is 1. The Balaban J connectivity index is 2.16. The Labute approximate surface area is 136 Å². The average Bonchev–Trinajstić information content (AvgIpc) is 2.89. The van der Waals surface area contributed by atoms with E-state index in [4.69, 9.17) is 9.47 Å². The predicted molar refractivity (Wildman–Crippen MR) is 84.5 cm³/mol. The molecule has 1 aliphatic heterocycles. The SMILES string of the molecule is COC1C(O)C(O)C(CO)OC1(C)n1sc2ccccc2c1=O. The minimum Gasteiger partial charge on any atom is -0.394 e. The molecule has 0 bridgehead atoms. The first kappa shape index (κ1) is 16.6. The van der Waals surface area contributed by atoms with Gasteiger partial charge in [-0.3, -0.25) is 4.79 Å². The van der Waals surface area contributed by atoms with E-state index in [0.29, 0.717) is 5.39 Å². The zero-order valence-corrected chi connectivity index (χ0v) is 13.6. The second-order valence-electron chi connectivity index (χ2n) is 5.72. The minimum atomic E-state index is -1.35. The van der Waals surface area contributed by atoms with Gasteiger partial charge in [0.2, 0.25) is 0 Å². The van der Waals surface area contributed by atoms with Gasteiger partial charge in [-0.05, 0) is 19.1 Å². The van der Waals surface area contributed by atoms with E-state index in [1.165, 1.54) is 22.6 Å². The molecule has 2 aromatic rings. The first-order valence-corrected chi connectivity index (χ1v) is 8.00. The summed E-state index contributed by atoms with van der Waals surface area (Å²) in [5, 5.41) is 30.3. The van der Waals surface area contributed by atoms with Gasteiger partial charge >= 0.3 is 0 Å². The molecule has 1 aromatic carbocycles. The molecule has 1 aromatic heterocycles. The third-order valence-corrected chi connectivity index (χ3v) is 5.55. The lowest BCUT2D eigenvalue weighted by Crippen LogP contribution is -2.65. The lowest BCUT2D eigenvalue weighted by atomic mass is 9.91. The third-order valence-electron chi connectivity index (χ3n) is 4.29. The summed E-state index contributed by atoms with van der Waals surface area (Å²) >= 11 is 1.19. The van der Waals surface area contributed by atoms with Crippen molar-refractivity contribution in [3.63, 3.8) is 0 Å². The summed E-state index contributed by atoms with van der Waals surface area (Å²) in [5.74, 6) is 0. The number of aliphatic hydroxyl groups excluding tert-OH is 3. The molecule has 2 heterocycles. The molecule has 0 aliphatic carbocycles. The summed E-state index contributed by atoms with van der Waals surface area (Å²) in [4.78, 5) is 12.7. The fourth-order valence-electron chi connectivity index (χ4n) is 3.09. The monoisotopic (exact) mass is 341 g/mol. The van der Waals surface area contributed by atoms with E-state index in [2.05, 4.69) is 0 Å². The first-order valence-electron chi connectivity index (χ1n) is 7.23. The number of rotatable bonds is 3. The molecule has 126 valence electrons. The molecule has 5 unspecified atom stereocenters. The van der Waals surface area contributed by atoms with Crippen molar-refractivity contribution in [2.24, 2.45) is 0 Å². The number of methoxy groups -OCH3 is 1. The molecule has 1 aliphatic rings. The van der Waals surface area contributed by atoms with Gasteiger partial charge in [-0.15, -0.1) is 0 Å². The van der Waals surface area contributed by atoms with Gasteiger partial charge < -0.3 is 24.8 Å². The number of nitrogens with zero attached hydrogens (tertiary/aromatic N) is 1. The predicted octanol–water partition coefficient (Wildman–Crippen LogP) is -0.136. The van der Waals surface area contributed by atoms with Crippen molar-refractivity contribution in [1.29, 1.82) is 0 Å². The van der Waals surface area contributed by atoms with Crippen LogP contribution in [0.1, 0.15) is 6.92 Å². The van der Waals surface area contributed by atoms with Crippen LogP contribution in [0.25, 0.3) is 10.1 Å². The van der Waals surface area contributed by atoms with E-state index < -0.39 is 36.7 Å². The largest absolute Gasteiger partial charge is 0.394 e. The van der Waals surface area contributed by atoms with Gasteiger partial charge in [0.15, 0.2) is 5.72 Å². The smallest absolute Gasteiger partial charge is 0.271 e. The number of hydrogen-bond donors (Lipinski definition) is 3. The standard InChI is InChI=1S/C15H19NO6S/c1-15(13(21-2)12(19)11(18)9(7-17)22-15)16-14(20)8-5-3-4-6-10(8)23-16/h3-6,9,11-13,17-19H,7H2,1-2H3. The number of aromatic nitrogens is 1. The Morgan fingerprint density at radius 2 is 2.04 bits per heavy atom. The van der Waals surface area contributed by atoms with Crippen molar-refractivity contribution in [2.75, 3.05) is 13.7 Å². The normalized spacial score (nSPS) is 34.8. The van der Waals surface area contributed by atoms with Gasteiger partial charge in [0.1, 0.15) is 24.4 Å². The fraction of sp³-hybridized carbons (Fsp3) is 0.533. The molecule has 8 heteroatoms. The second kappa shape index (κ2) is 5.97. The van der Waals surface area contributed by atoms with Crippen molar-refractivity contribution in [3.05, 3.63) is 34.6 Å². The van der Waals surface area contributed by atoms with Crippen LogP contribution >= 0.6 is 11.5 Å². The lowest BCUT2D eigenvalue weighted by Gasteiger charge is -2.47. The Morgan fingerprint density at radius 3 is 2.65 bits per heavy atom.